The van der Waals surface area contributed by atoms with E-state index < -0.39 is 0 Å². The average molecular weight is 308 g/mol. The molecule has 2 heterocycles. The van der Waals surface area contributed by atoms with Gasteiger partial charge in [-0.2, -0.15) is 11.8 Å². The SMILES string of the molecule is CCCNc1cc(N(C)C2CCSC2)nc(C(C)(C)C)n1. The summed E-state index contributed by atoms with van der Waals surface area (Å²) in [6.45, 7) is 9.62. The third-order valence-electron chi connectivity index (χ3n) is 3.75. The van der Waals surface area contributed by atoms with Crippen LogP contribution in [0.15, 0.2) is 6.07 Å². The van der Waals surface area contributed by atoms with Gasteiger partial charge in [-0.25, -0.2) is 9.97 Å². The van der Waals surface area contributed by atoms with Crippen LogP contribution in [0.1, 0.15) is 46.4 Å². The van der Waals surface area contributed by atoms with Gasteiger partial charge in [-0.05, 0) is 18.6 Å². The Morgan fingerprint density at radius 2 is 2.14 bits per heavy atom. The Kier molecular flexibility index (Phi) is 5.36. The third kappa shape index (κ3) is 4.25. The van der Waals surface area contributed by atoms with Crippen LogP contribution in [0.25, 0.3) is 0 Å². The Hall–Kier alpha value is -0.970. The van der Waals surface area contributed by atoms with Crippen molar-refractivity contribution in [2.24, 2.45) is 0 Å². The molecule has 5 heteroatoms. The van der Waals surface area contributed by atoms with E-state index in [0.717, 1.165) is 30.4 Å². The number of nitrogens with one attached hydrogen (secondary N) is 1. The molecule has 1 fully saturated rings. The number of aromatic nitrogens is 2. The average Bonchev–Trinajstić information content (AvgIpc) is 2.97. The second kappa shape index (κ2) is 6.86. The summed E-state index contributed by atoms with van der Waals surface area (Å²) < 4.78 is 0. The van der Waals surface area contributed by atoms with Gasteiger partial charge in [-0.15, -0.1) is 0 Å². The minimum Gasteiger partial charge on any atom is -0.370 e. The minimum atomic E-state index is -0.0378. The van der Waals surface area contributed by atoms with Gasteiger partial charge in [0.1, 0.15) is 17.5 Å². The predicted octanol–water partition coefficient (Wildman–Crippen LogP) is 3.54. The van der Waals surface area contributed by atoms with Gasteiger partial charge in [0.2, 0.25) is 0 Å². The fraction of sp³-hybridized carbons (Fsp3) is 0.750. The highest BCUT2D eigenvalue weighted by Gasteiger charge is 2.24. The number of thioether (sulfide) groups is 1. The molecule has 1 N–H and O–H groups in total. The lowest BCUT2D eigenvalue weighted by Gasteiger charge is -2.27. The third-order valence-corrected chi connectivity index (χ3v) is 4.90. The van der Waals surface area contributed by atoms with Gasteiger partial charge >= 0.3 is 0 Å². The smallest absolute Gasteiger partial charge is 0.138 e. The highest BCUT2D eigenvalue weighted by molar-refractivity contribution is 7.99. The maximum atomic E-state index is 4.82. The number of hydrogen-bond donors (Lipinski definition) is 1. The van der Waals surface area contributed by atoms with Gasteiger partial charge in [-0.3, -0.25) is 0 Å². The fourth-order valence-corrected chi connectivity index (χ4v) is 3.58. The molecule has 2 rings (SSSR count). The molecule has 4 nitrogen and oxygen atoms in total. The molecule has 118 valence electrons. The zero-order valence-electron chi connectivity index (χ0n) is 13.9. The van der Waals surface area contributed by atoms with E-state index in [1.165, 1.54) is 17.9 Å². The first kappa shape index (κ1) is 16.4. The van der Waals surface area contributed by atoms with Gasteiger partial charge in [0, 0.05) is 36.9 Å². The standard InChI is InChI=1S/C16H28N4S/c1-6-8-17-13-10-14(19-15(18-13)16(2,3)4)20(5)12-7-9-21-11-12/h10,12H,6-9,11H2,1-5H3,(H,17,18,19). The van der Waals surface area contributed by atoms with E-state index in [1.54, 1.807) is 0 Å². The maximum absolute atomic E-state index is 4.82. The molecule has 0 radical (unpaired) electrons. The zero-order chi connectivity index (χ0) is 15.5. The number of anilines is 2. The van der Waals surface area contributed by atoms with Gasteiger partial charge in [0.15, 0.2) is 0 Å². The summed E-state index contributed by atoms with van der Waals surface area (Å²) in [5.74, 6) is 5.36. The molecule has 1 aromatic heterocycles. The Labute approximate surface area is 133 Å². The van der Waals surface area contributed by atoms with Crippen LogP contribution in [0.4, 0.5) is 11.6 Å². The van der Waals surface area contributed by atoms with Crippen LogP contribution in [0, 0.1) is 0 Å². The molecular formula is C16H28N4S. The van der Waals surface area contributed by atoms with Crippen molar-refractivity contribution in [1.29, 1.82) is 0 Å². The molecule has 1 aliphatic heterocycles. The van der Waals surface area contributed by atoms with E-state index in [2.05, 4.69) is 51.0 Å². The Bertz CT molecular complexity index is 464. The lowest BCUT2D eigenvalue weighted by molar-refractivity contribution is 0.543. The molecule has 1 saturated heterocycles. The van der Waals surface area contributed by atoms with Crippen LogP contribution < -0.4 is 10.2 Å². The Morgan fingerprint density at radius 3 is 2.71 bits per heavy atom. The van der Waals surface area contributed by atoms with Gasteiger partial charge < -0.3 is 10.2 Å². The zero-order valence-corrected chi connectivity index (χ0v) is 14.8. The maximum Gasteiger partial charge on any atom is 0.138 e. The van der Waals surface area contributed by atoms with Gasteiger partial charge in [-0.1, -0.05) is 27.7 Å². The monoisotopic (exact) mass is 308 g/mol. The topological polar surface area (TPSA) is 41.0 Å². The van der Waals surface area contributed by atoms with Crippen molar-refractivity contribution in [3.63, 3.8) is 0 Å². The van der Waals surface area contributed by atoms with Crippen molar-refractivity contribution in [3.05, 3.63) is 11.9 Å². The van der Waals surface area contributed by atoms with Gasteiger partial charge in [0.05, 0.1) is 0 Å². The molecule has 0 saturated carbocycles. The van der Waals surface area contributed by atoms with E-state index in [9.17, 15) is 0 Å². The first-order valence-corrected chi connectivity index (χ1v) is 9.01. The van der Waals surface area contributed by atoms with Crippen LogP contribution in [-0.4, -0.2) is 41.1 Å². The quantitative estimate of drug-likeness (QED) is 0.901. The normalized spacial score (nSPS) is 18.8. The minimum absolute atomic E-state index is 0.0378. The summed E-state index contributed by atoms with van der Waals surface area (Å²) in [6.07, 6.45) is 2.34. The molecule has 1 unspecified atom stereocenters. The second-order valence-electron chi connectivity index (χ2n) is 6.74. The van der Waals surface area contributed by atoms with Crippen molar-refractivity contribution >= 4 is 23.4 Å². The van der Waals surface area contributed by atoms with E-state index >= 15 is 0 Å². The van der Waals surface area contributed by atoms with Crippen LogP contribution in [-0.2, 0) is 5.41 Å². The van der Waals surface area contributed by atoms with Crippen LogP contribution >= 0.6 is 11.8 Å². The molecule has 0 bridgehead atoms. The summed E-state index contributed by atoms with van der Waals surface area (Å²) in [4.78, 5) is 11.8. The van der Waals surface area contributed by atoms with Crippen molar-refractivity contribution in [2.45, 2.75) is 52.0 Å². The van der Waals surface area contributed by atoms with E-state index in [4.69, 9.17) is 9.97 Å². The summed E-state index contributed by atoms with van der Waals surface area (Å²) >= 11 is 2.03. The predicted molar refractivity (Wildman–Crippen MR) is 93.6 cm³/mol. The Balaban J connectivity index is 2.29. The second-order valence-corrected chi connectivity index (χ2v) is 7.89. The lowest BCUT2D eigenvalue weighted by atomic mass is 9.95. The van der Waals surface area contributed by atoms with Gasteiger partial charge in [0.25, 0.3) is 0 Å². The molecule has 0 amide bonds. The summed E-state index contributed by atoms with van der Waals surface area (Å²) in [6, 6.07) is 2.69. The Morgan fingerprint density at radius 1 is 1.38 bits per heavy atom. The number of hydrogen-bond acceptors (Lipinski definition) is 5. The largest absolute Gasteiger partial charge is 0.370 e. The number of nitrogens with zero attached hydrogens (tertiary/aromatic N) is 3. The molecule has 0 aliphatic carbocycles. The molecular weight excluding hydrogens is 280 g/mol. The van der Waals surface area contributed by atoms with Crippen molar-refractivity contribution in [2.75, 3.05) is 35.3 Å². The van der Waals surface area contributed by atoms with Crippen molar-refractivity contribution in [3.8, 4) is 0 Å². The molecule has 1 aromatic rings. The highest BCUT2D eigenvalue weighted by atomic mass is 32.2. The fourth-order valence-electron chi connectivity index (χ4n) is 2.31. The van der Waals surface area contributed by atoms with E-state index in [0.29, 0.717) is 6.04 Å². The first-order valence-electron chi connectivity index (χ1n) is 7.86. The van der Waals surface area contributed by atoms with Crippen LogP contribution in [0.5, 0.6) is 0 Å². The van der Waals surface area contributed by atoms with Crippen molar-refractivity contribution in [1.82, 2.24) is 9.97 Å². The lowest BCUT2D eigenvalue weighted by Crippen LogP contribution is -2.33. The molecule has 21 heavy (non-hydrogen) atoms. The first-order chi connectivity index (χ1) is 9.91. The molecule has 1 aliphatic rings. The van der Waals surface area contributed by atoms with Crippen LogP contribution in [0.2, 0.25) is 0 Å². The molecule has 0 spiro atoms. The molecule has 1 atom stereocenters. The van der Waals surface area contributed by atoms with Crippen LogP contribution in [0.3, 0.4) is 0 Å². The van der Waals surface area contributed by atoms with E-state index in [-0.39, 0.29) is 5.41 Å². The highest BCUT2D eigenvalue weighted by Crippen LogP contribution is 2.28. The number of rotatable bonds is 5. The summed E-state index contributed by atoms with van der Waals surface area (Å²) in [5.41, 5.74) is -0.0378. The summed E-state index contributed by atoms with van der Waals surface area (Å²) in [5, 5.41) is 3.41. The van der Waals surface area contributed by atoms with Crippen molar-refractivity contribution < 1.29 is 0 Å². The molecule has 0 aromatic carbocycles. The van der Waals surface area contributed by atoms with E-state index in [1.807, 2.05) is 11.8 Å². The summed E-state index contributed by atoms with van der Waals surface area (Å²) in [7, 11) is 2.16.